The minimum absolute atomic E-state index is 0. The van der Waals surface area contributed by atoms with Crippen molar-refractivity contribution in [1.29, 1.82) is 0 Å². The van der Waals surface area contributed by atoms with E-state index in [1.807, 2.05) is 27.7 Å². The largest absolute Gasteiger partial charge is 0.351 e. The van der Waals surface area contributed by atoms with Crippen LogP contribution in [0.25, 0.3) is 0 Å². The predicted octanol–water partition coefficient (Wildman–Crippen LogP) is 3.03. The van der Waals surface area contributed by atoms with E-state index < -0.39 is 0 Å². The number of carbonyl (C=O) groups excluding carboxylic acids is 1. The minimum Gasteiger partial charge on any atom is -0.351 e. The molecule has 0 aliphatic heterocycles. The maximum atomic E-state index is 9.43. The van der Waals surface area contributed by atoms with Crippen LogP contribution in [-0.2, 0) is 4.79 Å². The van der Waals surface area contributed by atoms with Gasteiger partial charge in [-0.3, -0.25) is 4.79 Å². The molecule has 0 rings (SSSR count). The number of carbonyl (C=O) groups is 1. The van der Waals surface area contributed by atoms with Gasteiger partial charge in [-0.1, -0.05) is 42.5 Å². The van der Waals surface area contributed by atoms with Gasteiger partial charge in [0.25, 0.3) is 0 Å². The molecule has 11 heavy (non-hydrogen) atoms. The van der Waals surface area contributed by atoms with E-state index in [2.05, 4.69) is 0 Å². The van der Waals surface area contributed by atoms with E-state index in [0.29, 0.717) is 0 Å². The van der Waals surface area contributed by atoms with Gasteiger partial charge in [-0.15, -0.1) is 0 Å². The number of nitrogens with zero attached hydrogens (tertiary/aromatic N) is 1. The first-order valence-electron chi connectivity index (χ1n) is 3.39. The molecule has 0 saturated carbocycles. The standard InChI is InChI=1S/C3H7NO.2C2H6.2CH4/c1-4(2)3-5;2*1-2;;/h3H,1-2H3;2*1-2H3;2*1H4. The molecule has 0 bridgehead atoms. The first kappa shape index (κ1) is 31.4. The lowest BCUT2D eigenvalue weighted by Gasteiger charge is -1.93. The van der Waals surface area contributed by atoms with Gasteiger partial charge in [0.2, 0.25) is 6.41 Å². The zero-order valence-electron chi connectivity index (χ0n) is 7.43. The van der Waals surface area contributed by atoms with Gasteiger partial charge >= 0.3 is 0 Å². The summed E-state index contributed by atoms with van der Waals surface area (Å²) in [6, 6.07) is 0. The lowest BCUT2D eigenvalue weighted by Crippen LogP contribution is -2.06. The molecule has 0 aromatic carbocycles. The van der Waals surface area contributed by atoms with Gasteiger partial charge in [-0.05, 0) is 0 Å². The van der Waals surface area contributed by atoms with E-state index in [4.69, 9.17) is 0 Å². The van der Waals surface area contributed by atoms with Crippen LogP contribution in [0.4, 0.5) is 0 Å². The van der Waals surface area contributed by atoms with Crippen molar-refractivity contribution in [3.63, 3.8) is 0 Å². The summed E-state index contributed by atoms with van der Waals surface area (Å²) < 4.78 is 0. The minimum atomic E-state index is 0. The molecule has 0 fully saturated rings. The Morgan fingerprint density at radius 2 is 1.00 bits per heavy atom. The van der Waals surface area contributed by atoms with Crippen LogP contribution in [-0.4, -0.2) is 25.4 Å². The molecule has 0 aromatic heterocycles. The highest BCUT2D eigenvalue weighted by Gasteiger charge is 1.68. The van der Waals surface area contributed by atoms with Gasteiger partial charge in [0.15, 0.2) is 0 Å². The Morgan fingerprint density at radius 3 is 1.00 bits per heavy atom. The second kappa shape index (κ2) is 56.4. The zero-order chi connectivity index (χ0) is 8.28. The second-order valence-electron chi connectivity index (χ2n) is 1.07. The van der Waals surface area contributed by atoms with Crippen molar-refractivity contribution in [2.45, 2.75) is 42.5 Å². The van der Waals surface area contributed by atoms with Gasteiger partial charge in [-0.2, -0.15) is 0 Å². The molecule has 0 saturated heterocycles. The molecule has 2 nitrogen and oxygen atoms in total. The number of amides is 1. The van der Waals surface area contributed by atoms with Crippen molar-refractivity contribution >= 4 is 6.41 Å². The zero-order valence-corrected chi connectivity index (χ0v) is 7.43. The summed E-state index contributed by atoms with van der Waals surface area (Å²) in [5.74, 6) is 0. The molecule has 0 atom stereocenters. The number of hydrogen-bond donors (Lipinski definition) is 0. The third-order valence-electron chi connectivity index (χ3n) is 0.211. The SMILES string of the molecule is C.C.CC.CC.CN(C)C=O. The maximum absolute atomic E-state index is 9.43. The molecular formula is C9H27NO. The normalized spacial score (nSPS) is 4.18. The molecule has 2 heteroatoms. The van der Waals surface area contributed by atoms with Crippen molar-refractivity contribution in [2.24, 2.45) is 0 Å². The highest BCUT2D eigenvalue weighted by Crippen LogP contribution is 1.52. The highest BCUT2D eigenvalue weighted by atomic mass is 16.1. The predicted molar refractivity (Wildman–Crippen MR) is 55.9 cm³/mol. The Bertz CT molecular complexity index is 36.5. The van der Waals surface area contributed by atoms with Crippen LogP contribution >= 0.6 is 0 Å². The average molecular weight is 165 g/mol. The first-order valence-corrected chi connectivity index (χ1v) is 3.39. The highest BCUT2D eigenvalue weighted by molar-refractivity contribution is 5.45. The van der Waals surface area contributed by atoms with Crippen LogP contribution in [0, 0.1) is 0 Å². The Kier molecular flexibility index (Phi) is 161. The summed E-state index contributed by atoms with van der Waals surface area (Å²) in [7, 11) is 3.38. The lowest BCUT2D eigenvalue weighted by molar-refractivity contribution is -0.115. The molecule has 0 heterocycles. The van der Waals surface area contributed by atoms with E-state index in [0.717, 1.165) is 6.41 Å². The molecular weight excluding hydrogens is 138 g/mol. The summed E-state index contributed by atoms with van der Waals surface area (Å²) in [5.41, 5.74) is 0. The molecule has 0 aliphatic carbocycles. The molecule has 0 spiro atoms. The van der Waals surface area contributed by atoms with Crippen molar-refractivity contribution in [1.82, 2.24) is 4.90 Å². The molecule has 0 radical (unpaired) electrons. The topological polar surface area (TPSA) is 20.3 Å². The smallest absolute Gasteiger partial charge is 0.209 e. The Labute approximate surface area is 73.6 Å². The fraction of sp³-hybridized carbons (Fsp3) is 0.889. The summed E-state index contributed by atoms with van der Waals surface area (Å²) in [4.78, 5) is 10.9. The van der Waals surface area contributed by atoms with Crippen LogP contribution in [0.5, 0.6) is 0 Å². The van der Waals surface area contributed by atoms with Crippen molar-refractivity contribution in [2.75, 3.05) is 14.1 Å². The van der Waals surface area contributed by atoms with Crippen LogP contribution in [0.1, 0.15) is 42.5 Å². The van der Waals surface area contributed by atoms with Crippen molar-refractivity contribution in [3.05, 3.63) is 0 Å². The Balaban J connectivity index is -0.0000000178. The van der Waals surface area contributed by atoms with Crippen LogP contribution in [0.2, 0.25) is 0 Å². The van der Waals surface area contributed by atoms with E-state index in [-0.39, 0.29) is 14.9 Å². The van der Waals surface area contributed by atoms with Gasteiger partial charge in [0.1, 0.15) is 0 Å². The monoisotopic (exact) mass is 165 g/mol. The van der Waals surface area contributed by atoms with E-state index in [1.165, 1.54) is 4.90 Å². The van der Waals surface area contributed by atoms with Gasteiger partial charge in [0, 0.05) is 14.1 Å². The Hall–Kier alpha value is -0.530. The van der Waals surface area contributed by atoms with Gasteiger partial charge < -0.3 is 4.90 Å². The van der Waals surface area contributed by atoms with Crippen LogP contribution in [0.15, 0.2) is 0 Å². The van der Waals surface area contributed by atoms with E-state index in [1.54, 1.807) is 14.1 Å². The molecule has 0 unspecified atom stereocenters. The molecule has 74 valence electrons. The van der Waals surface area contributed by atoms with Gasteiger partial charge in [0.05, 0.1) is 0 Å². The summed E-state index contributed by atoms with van der Waals surface area (Å²) >= 11 is 0. The van der Waals surface area contributed by atoms with Gasteiger partial charge in [-0.25, -0.2) is 0 Å². The summed E-state index contributed by atoms with van der Waals surface area (Å²) in [6.07, 6.45) is 0.750. The quantitative estimate of drug-likeness (QED) is 0.547. The third-order valence-corrected chi connectivity index (χ3v) is 0.211. The van der Waals surface area contributed by atoms with Crippen LogP contribution < -0.4 is 0 Å². The van der Waals surface area contributed by atoms with E-state index in [9.17, 15) is 4.79 Å². The molecule has 1 amide bonds. The van der Waals surface area contributed by atoms with E-state index >= 15 is 0 Å². The fourth-order valence-corrected chi connectivity index (χ4v) is 0. The third kappa shape index (κ3) is 245. The van der Waals surface area contributed by atoms with Crippen LogP contribution in [0.3, 0.4) is 0 Å². The molecule has 0 aromatic rings. The fourth-order valence-electron chi connectivity index (χ4n) is 0. The summed E-state index contributed by atoms with van der Waals surface area (Å²) in [6.45, 7) is 8.00. The summed E-state index contributed by atoms with van der Waals surface area (Å²) in [5, 5.41) is 0. The second-order valence-corrected chi connectivity index (χ2v) is 1.07. The molecule has 0 N–H and O–H groups in total. The number of hydrogen-bond acceptors (Lipinski definition) is 1. The Morgan fingerprint density at radius 1 is 0.909 bits per heavy atom. The maximum Gasteiger partial charge on any atom is 0.209 e. The number of rotatable bonds is 1. The lowest BCUT2D eigenvalue weighted by atomic mass is 11.0. The first-order chi connectivity index (χ1) is 4.27. The van der Waals surface area contributed by atoms with Crippen molar-refractivity contribution in [3.8, 4) is 0 Å². The van der Waals surface area contributed by atoms with Crippen molar-refractivity contribution < 1.29 is 4.79 Å². The molecule has 0 aliphatic rings. The average Bonchev–Trinajstić information content (AvgIpc) is 1.97.